The molecule has 2 aromatic rings. The lowest BCUT2D eigenvalue weighted by molar-refractivity contribution is -0.135. The van der Waals surface area contributed by atoms with Crippen LogP contribution >= 0.6 is 0 Å². The molecule has 2 saturated heterocycles. The van der Waals surface area contributed by atoms with Gasteiger partial charge in [-0.05, 0) is 31.5 Å². The third-order valence-electron chi connectivity index (χ3n) is 5.49. The van der Waals surface area contributed by atoms with E-state index in [-0.39, 0.29) is 11.5 Å². The number of carbonyl (C=O) groups is 1. The highest BCUT2D eigenvalue weighted by Crippen LogP contribution is 2.21. The Kier molecular flexibility index (Phi) is 4.53. The highest BCUT2D eigenvalue weighted by molar-refractivity contribution is 5.77. The molecule has 0 saturated carbocycles. The Hall–Kier alpha value is -2.21. The predicted molar refractivity (Wildman–Crippen MR) is 96.4 cm³/mol. The highest BCUT2D eigenvalue weighted by atomic mass is 16.2. The quantitative estimate of drug-likeness (QED) is 0.849. The third-order valence-corrected chi connectivity index (χ3v) is 5.49. The zero-order valence-corrected chi connectivity index (χ0v) is 14.4. The second-order valence-corrected chi connectivity index (χ2v) is 7.04. The van der Waals surface area contributed by atoms with Gasteiger partial charge < -0.3 is 4.90 Å². The topological polar surface area (TPSA) is 58.4 Å². The van der Waals surface area contributed by atoms with Gasteiger partial charge in [0.2, 0.25) is 5.91 Å². The zero-order chi connectivity index (χ0) is 17.2. The first-order valence-corrected chi connectivity index (χ1v) is 9.18. The minimum atomic E-state index is -0.0736. The fourth-order valence-electron chi connectivity index (χ4n) is 4.02. The van der Waals surface area contributed by atoms with E-state index in [2.05, 4.69) is 9.88 Å². The van der Waals surface area contributed by atoms with Gasteiger partial charge in [0.1, 0.15) is 0 Å². The molecule has 3 heterocycles. The van der Waals surface area contributed by atoms with Crippen LogP contribution in [0, 0.1) is 0 Å². The fourth-order valence-corrected chi connectivity index (χ4v) is 4.02. The SMILES string of the molecule is O=C(CCn1cnc2ccccc2c1=O)N1CCN2CCCC[C@H]2C1. The van der Waals surface area contributed by atoms with Gasteiger partial charge in [0.25, 0.3) is 5.56 Å². The van der Waals surface area contributed by atoms with Crippen LogP contribution in [0.4, 0.5) is 0 Å². The number of piperazine rings is 1. The second kappa shape index (κ2) is 6.96. The summed E-state index contributed by atoms with van der Waals surface area (Å²) >= 11 is 0. The van der Waals surface area contributed by atoms with Gasteiger partial charge in [0.15, 0.2) is 0 Å². The van der Waals surface area contributed by atoms with Crippen molar-refractivity contribution in [3.63, 3.8) is 0 Å². The molecule has 6 nitrogen and oxygen atoms in total. The maximum Gasteiger partial charge on any atom is 0.261 e. The van der Waals surface area contributed by atoms with Crippen LogP contribution in [-0.4, -0.2) is 57.5 Å². The average Bonchev–Trinajstić information content (AvgIpc) is 2.67. The van der Waals surface area contributed by atoms with Gasteiger partial charge in [0.05, 0.1) is 17.2 Å². The molecule has 6 heteroatoms. The first-order valence-electron chi connectivity index (χ1n) is 9.18. The maximum atomic E-state index is 12.6. The van der Waals surface area contributed by atoms with Crippen molar-refractivity contribution >= 4 is 16.8 Å². The Morgan fingerprint density at radius 1 is 1.16 bits per heavy atom. The van der Waals surface area contributed by atoms with Gasteiger partial charge in [-0.2, -0.15) is 0 Å². The molecule has 132 valence electrons. The van der Waals surface area contributed by atoms with E-state index in [4.69, 9.17) is 0 Å². The lowest BCUT2D eigenvalue weighted by Gasteiger charge is -2.44. The molecule has 2 aliphatic heterocycles. The Morgan fingerprint density at radius 2 is 2.04 bits per heavy atom. The smallest absolute Gasteiger partial charge is 0.261 e. The van der Waals surface area contributed by atoms with Crippen LogP contribution in [-0.2, 0) is 11.3 Å². The van der Waals surface area contributed by atoms with Crippen LogP contribution < -0.4 is 5.56 Å². The summed E-state index contributed by atoms with van der Waals surface area (Å²) in [6, 6.07) is 7.84. The van der Waals surface area contributed by atoms with Crippen LogP contribution in [0.1, 0.15) is 25.7 Å². The molecule has 0 unspecified atom stereocenters. The van der Waals surface area contributed by atoms with Crippen molar-refractivity contribution < 1.29 is 4.79 Å². The van der Waals surface area contributed by atoms with Crippen LogP contribution in [0.3, 0.4) is 0 Å². The van der Waals surface area contributed by atoms with Crippen LogP contribution in [0.25, 0.3) is 10.9 Å². The second-order valence-electron chi connectivity index (χ2n) is 7.04. The molecule has 25 heavy (non-hydrogen) atoms. The number of hydrogen-bond donors (Lipinski definition) is 0. The molecular formula is C19H24N4O2. The number of rotatable bonds is 3. The molecule has 0 aliphatic carbocycles. The van der Waals surface area contributed by atoms with Gasteiger partial charge in [0, 0.05) is 38.6 Å². The van der Waals surface area contributed by atoms with E-state index in [1.165, 1.54) is 25.8 Å². The summed E-state index contributed by atoms with van der Waals surface area (Å²) in [7, 11) is 0. The molecule has 1 aromatic carbocycles. The number of benzene rings is 1. The molecule has 1 amide bonds. The van der Waals surface area contributed by atoms with Crippen molar-refractivity contribution in [1.29, 1.82) is 0 Å². The van der Waals surface area contributed by atoms with Crippen molar-refractivity contribution in [3.8, 4) is 0 Å². The zero-order valence-electron chi connectivity index (χ0n) is 14.4. The number of para-hydroxylation sites is 1. The summed E-state index contributed by atoms with van der Waals surface area (Å²) in [6.45, 7) is 4.18. The van der Waals surface area contributed by atoms with E-state index in [9.17, 15) is 9.59 Å². The monoisotopic (exact) mass is 340 g/mol. The van der Waals surface area contributed by atoms with Gasteiger partial charge in [-0.1, -0.05) is 18.6 Å². The van der Waals surface area contributed by atoms with Gasteiger partial charge >= 0.3 is 0 Å². The van der Waals surface area contributed by atoms with Crippen molar-refractivity contribution in [2.24, 2.45) is 0 Å². The van der Waals surface area contributed by atoms with Gasteiger partial charge in [-0.15, -0.1) is 0 Å². The summed E-state index contributed by atoms with van der Waals surface area (Å²) < 4.78 is 1.55. The van der Waals surface area contributed by atoms with E-state index in [1.54, 1.807) is 17.0 Å². The summed E-state index contributed by atoms with van der Waals surface area (Å²) in [5.74, 6) is 0.144. The minimum Gasteiger partial charge on any atom is -0.340 e. The summed E-state index contributed by atoms with van der Waals surface area (Å²) in [5, 5.41) is 0.605. The summed E-state index contributed by atoms with van der Waals surface area (Å²) in [5.41, 5.74) is 0.624. The molecule has 1 aromatic heterocycles. The van der Waals surface area contributed by atoms with Crippen molar-refractivity contribution in [1.82, 2.24) is 19.4 Å². The molecular weight excluding hydrogens is 316 g/mol. The number of piperidine rings is 1. The number of aromatic nitrogens is 2. The molecule has 1 atom stereocenters. The largest absolute Gasteiger partial charge is 0.340 e. The van der Waals surface area contributed by atoms with Gasteiger partial charge in [-0.3, -0.25) is 19.1 Å². The van der Waals surface area contributed by atoms with Crippen LogP contribution in [0.2, 0.25) is 0 Å². The van der Waals surface area contributed by atoms with Crippen molar-refractivity contribution in [3.05, 3.63) is 40.9 Å². The number of carbonyl (C=O) groups excluding carboxylic acids is 1. The van der Waals surface area contributed by atoms with E-state index in [0.29, 0.717) is 29.9 Å². The molecule has 0 radical (unpaired) electrons. The molecule has 2 fully saturated rings. The maximum absolute atomic E-state index is 12.6. The number of aryl methyl sites for hydroxylation is 1. The Morgan fingerprint density at radius 3 is 2.96 bits per heavy atom. The lowest BCUT2D eigenvalue weighted by Crippen LogP contribution is -2.56. The average molecular weight is 340 g/mol. The molecule has 0 spiro atoms. The van der Waals surface area contributed by atoms with E-state index < -0.39 is 0 Å². The number of nitrogens with zero attached hydrogens (tertiary/aromatic N) is 4. The Bertz CT molecular complexity index is 832. The van der Waals surface area contributed by atoms with Crippen molar-refractivity contribution in [2.75, 3.05) is 26.2 Å². The Balaban J connectivity index is 1.40. The summed E-state index contributed by atoms with van der Waals surface area (Å²) in [4.78, 5) is 33.9. The number of hydrogen-bond acceptors (Lipinski definition) is 4. The Labute approximate surface area is 147 Å². The molecule has 2 aliphatic rings. The first-order chi connectivity index (χ1) is 12.2. The van der Waals surface area contributed by atoms with Crippen molar-refractivity contribution in [2.45, 2.75) is 38.3 Å². The number of amides is 1. The lowest BCUT2D eigenvalue weighted by atomic mass is 9.99. The molecule has 4 rings (SSSR count). The normalized spacial score (nSPS) is 21.3. The fraction of sp³-hybridized carbons (Fsp3) is 0.526. The third kappa shape index (κ3) is 3.31. The standard InChI is InChI=1S/C19H24N4O2/c24-18(22-12-11-21-9-4-3-5-15(21)13-22)8-10-23-14-20-17-7-2-1-6-16(17)19(23)25/h1-2,6-7,14-15H,3-5,8-13H2/t15-/m0/s1. The van der Waals surface area contributed by atoms with Gasteiger partial charge in [-0.25, -0.2) is 4.98 Å². The van der Waals surface area contributed by atoms with Crippen LogP contribution in [0.5, 0.6) is 0 Å². The molecule has 0 N–H and O–H groups in total. The van der Waals surface area contributed by atoms with E-state index in [1.807, 2.05) is 23.1 Å². The number of fused-ring (bicyclic) bond motifs is 2. The predicted octanol–water partition coefficient (Wildman–Crippen LogP) is 1.48. The van der Waals surface area contributed by atoms with E-state index in [0.717, 1.165) is 19.6 Å². The highest BCUT2D eigenvalue weighted by Gasteiger charge is 2.30. The molecule has 0 bridgehead atoms. The minimum absolute atomic E-state index is 0.0736. The van der Waals surface area contributed by atoms with Crippen LogP contribution in [0.15, 0.2) is 35.4 Å². The van der Waals surface area contributed by atoms with E-state index >= 15 is 0 Å². The summed E-state index contributed by atoms with van der Waals surface area (Å²) in [6.07, 6.45) is 5.64. The first kappa shape index (κ1) is 16.3.